The molecule has 1 saturated carbocycles. The molecule has 0 radical (unpaired) electrons. The van der Waals surface area contributed by atoms with Crippen LogP contribution >= 0.6 is 0 Å². The second-order valence-electron chi connectivity index (χ2n) is 9.47. The highest BCUT2D eigenvalue weighted by atomic mass is 16.3. The molecular weight excluding hydrogens is 378 g/mol. The highest BCUT2D eigenvalue weighted by molar-refractivity contribution is 6.26. The van der Waals surface area contributed by atoms with Crippen molar-refractivity contribution in [2.24, 2.45) is 29.1 Å². The maximum atomic E-state index is 13.0. The number of Topliss-reactive ketones (excluding diaryl/α,β-unsaturated/α-hetero) is 1. The van der Waals surface area contributed by atoms with E-state index in [4.69, 9.17) is 0 Å². The van der Waals surface area contributed by atoms with E-state index in [1.807, 2.05) is 32.1 Å². The fourth-order valence-corrected chi connectivity index (χ4v) is 5.92. The Morgan fingerprint density at radius 1 is 1.30 bits per heavy atom. The minimum absolute atomic E-state index is 0.104. The predicted octanol–water partition coefficient (Wildman–Crippen LogP) is 3.97. The number of rotatable bonds is 4. The summed E-state index contributed by atoms with van der Waals surface area (Å²) >= 11 is 0. The molecule has 5 nitrogen and oxygen atoms in total. The summed E-state index contributed by atoms with van der Waals surface area (Å²) in [6.45, 7) is 7.86. The molecule has 164 valence electrons. The van der Waals surface area contributed by atoms with Crippen LogP contribution in [0.15, 0.2) is 47.3 Å². The molecule has 30 heavy (non-hydrogen) atoms. The predicted molar refractivity (Wildman–Crippen MR) is 118 cm³/mol. The third-order valence-electron chi connectivity index (χ3n) is 7.62. The van der Waals surface area contributed by atoms with Crippen LogP contribution in [0.25, 0.3) is 0 Å². The fourth-order valence-electron chi connectivity index (χ4n) is 5.92. The van der Waals surface area contributed by atoms with Crippen molar-refractivity contribution in [1.82, 2.24) is 4.90 Å². The number of carbonyl (C=O) groups excluding carboxylic acids is 2. The quantitative estimate of drug-likeness (QED) is 0.240. The van der Waals surface area contributed by atoms with Crippen molar-refractivity contribution in [3.63, 3.8) is 0 Å². The molecular formula is C25H35NO4. The number of ketones is 1. The van der Waals surface area contributed by atoms with Crippen LogP contribution in [0.4, 0.5) is 0 Å². The van der Waals surface area contributed by atoms with Gasteiger partial charge in [0.05, 0.1) is 6.61 Å². The zero-order chi connectivity index (χ0) is 22.2. The molecule has 6 atom stereocenters. The number of carbonyl (C=O) groups is 2. The first-order valence-electron chi connectivity index (χ1n) is 11.0. The summed E-state index contributed by atoms with van der Waals surface area (Å²) in [4.78, 5) is 27.1. The van der Waals surface area contributed by atoms with Gasteiger partial charge in [-0.2, -0.15) is 0 Å². The van der Waals surface area contributed by atoms with E-state index in [0.29, 0.717) is 11.8 Å². The van der Waals surface area contributed by atoms with E-state index in [9.17, 15) is 19.8 Å². The number of fused-ring (bicyclic) bond motifs is 1. The van der Waals surface area contributed by atoms with Gasteiger partial charge in [-0.25, -0.2) is 0 Å². The largest absolute Gasteiger partial charge is 0.511 e. The number of amides is 1. The van der Waals surface area contributed by atoms with Crippen LogP contribution in [-0.4, -0.2) is 46.5 Å². The van der Waals surface area contributed by atoms with Gasteiger partial charge >= 0.3 is 0 Å². The minimum Gasteiger partial charge on any atom is -0.511 e. The number of likely N-dealkylation sites (N-methyl/N-ethyl adjacent to an activating group) is 1. The van der Waals surface area contributed by atoms with Crippen molar-refractivity contribution in [3.05, 3.63) is 47.3 Å². The zero-order valence-corrected chi connectivity index (χ0v) is 18.8. The van der Waals surface area contributed by atoms with Gasteiger partial charge in [-0.15, -0.1) is 0 Å². The first-order chi connectivity index (χ1) is 14.2. The van der Waals surface area contributed by atoms with Crippen LogP contribution in [0.2, 0.25) is 0 Å². The lowest BCUT2D eigenvalue weighted by Gasteiger charge is -2.52. The van der Waals surface area contributed by atoms with Gasteiger partial charge in [0, 0.05) is 18.4 Å². The number of nitrogens with zero attached hydrogens (tertiary/aromatic N) is 1. The van der Waals surface area contributed by atoms with Gasteiger partial charge in [0.15, 0.2) is 5.78 Å². The molecule has 3 rings (SSSR count). The lowest BCUT2D eigenvalue weighted by Crippen LogP contribution is -2.46. The Morgan fingerprint density at radius 3 is 2.60 bits per heavy atom. The highest BCUT2D eigenvalue weighted by Gasteiger charge is 2.55. The molecule has 6 unspecified atom stereocenters. The molecule has 0 aromatic carbocycles. The summed E-state index contributed by atoms with van der Waals surface area (Å²) in [5.74, 6) is -0.128. The first-order valence-corrected chi connectivity index (χ1v) is 11.0. The average molecular weight is 414 g/mol. The monoisotopic (exact) mass is 413 g/mol. The van der Waals surface area contributed by atoms with Gasteiger partial charge in [-0.1, -0.05) is 56.2 Å². The van der Waals surface area contributed by atoms with Crippen molar-refractivity contribution in [1.29, 1.82) is 0 Å². The molecule has 0 bridgehead atoms. The van der Waals surface area contributed by atoms with Gasteiger partial charge in [-0.3, -0.25) is 9.59 Å². The van der Waals surface area contributed by atoms with Gasteiger partial charge in [-0.05, 0) is 44.4 Å². The molecule has 1 aliphatic heterocycles. The molecule has 0 aromatic rings. The number of likely N-dealkylation sites (tertiary alicyclic amines) is 1. The Labute approximate surface area is 179 Å². The van der Waals surface area contributed by atoms with Crippen LogP contribution in [0.5, 0.6) is 0 Å². The Bertz CT molecular complexity index is 836. The lowest BCUT2D eigenvalue weighted by atomic mass is 9.52. The summed E-state index contributed by atoms with van der Waals surface area (Å²) in [6.07, 6.45) is 13.4. The van der Waals surface area contributed by atoms with E-state index in [1.54, 1.807) is 0 Å². The zero-order valence-electron chi connectivity index (χ0n) is 18.8. The second-order valence-corrected chi connectivity index (χ2v) is 9.47. The van der Waals surface area contributed by atoms with Crippen LogP contribution in [-0.2, 0) is 9.59 Å². The lowest BCUT2D eigenvalue weighted by molar-refractivity contribution is -0.126. The number of allylic oxidation sites excluding steroid dienone is 7. The van der Waals surface area contributed by atoms with Crippen LogP contribution < -0.4 is 0 Å². The highest BCUT2D eigenvalue weighted by Crippen LogP contribution is 2.58. The Hall–Kier alpha value is -2.14. The SMILES string of the molecule is C/C=C/C=C/C1C(C)=CC2CC(C)CCC2C1(C)/C(O)=C1\C(=O)C(CO)N(C)C1=O. The number of aliphatic hydroxyl groups is 2. The average Bonchev–Trinajstić information content (AvgIpc) is 2.91. The van der Waals surface area contributed by atoms with E-state index >= 15 is 0 Å². The maximum Gasteiger partial charge on any atom is 0.261 e. The molecule has 1 amide bonds. The van der Waals surface area contributed by atoms with Crippen molar-refractivity contribution in [2.75, 3.05) is 13.7 Å². The third kappa shape index (κ3) is 3.47. The topological polar surface area (TPSA) is 77.8 Å². The Kier molecular flexibility index (Phi) is 6.42. The van der Waals surface area contributed by atoms with Crippen molar-refractivity contribution < 1.29 is 19.8 Å². The van der Waals surface area contributed by atoms with E-state index in [-0.39, 0.29) is 23.2 Å². The molecule has 2 fully saturated rings. The number of aliphatic hydroxyl groups excluding tert-OH is 2. The van der Waals surface area contributed by atoms with E-state index in [0.717, 1.165) is 24.8 Å². The summed E-state index contributed by atoms with van der Waals surface area (Å²) in [6, 6.07) is -0.919. The smallest absolute Gasteiger partial charge is 0.261 e. The van der Waals surface area contributed by atoms with Crippen molar-refractivity contribution >= 4 is 11.7 Å². The number of hydrogen-bond donors (Lipinski definition) is 2. The summed E-state index contributed by atoms with van der Waals surface area (Å²) in [5.41, 5.74) is 0.259. The Balaban J connectivity index is 2.19. The molecule has 2 aliphatic carbocycles. The maximum absolute atomic E-state index is 13.0. The molecule has 1 saturated heterocycles. The van der Waals surface area contributed by atoms with Crippen molar-refractivity contribution in [3.8, 4) is 0 Å². The Morgan fingerprint density at radius 2 is 2.00 bits per heavy atom. The standard InChI is InChI=1S/C25H35NO4/c1-6-7-8-9-18-16(3)13-17-12-15(2)10-11-19(17)25(18,4)23(29)21-22(28)20(14-27)26(5)24(21)30/h6-9,13,15,17-20,27,29H,10-12,14H2,1-5H3/b7-6+,9-8+,23-21-. The fraction of sp³-hybridized carbons (Fsp3) is 0.600. The van der Waals surface area contributed by atoms with Gasteiger partial charge in [0.25, 0.3) is 5.91 Å². The summed E-state index contributed by atoms with van der Waals surface area (Å²) in [7, 11) is 1.50. The van der Waals surface area contributed by atoms with E-state index < -0.39 is 29.8 Å². The van der Waals surface area contributed by atoms with Gasteiger partial charge in [0.1, 0.15) is 17.4 Å². The number of hydrogen-bond acceptors (Lipinski definition) is 4. The molecule has 1 heterocycles. The van der Waals surface area contributed by atoms with Crippen LogP contribution in [0, 0.1) is 29.1 Å². The molecule has 2 N–H and O–H groups in total. The minimum atomic E-state index is -0.919. The normalized spacial score (nSPS) is 39.1. The van der Waals surface area contributed by atoms with Crippen LogP contribution in [0.3, 0.4) is 0 Å². The molecule has 5 heteroatoms. The molecule has 3 aliphatic rings. The first kappa shape index (κ1) is 22.5. The van der Waals surface area contributed by atoms with E-state index in [1.165, 1.54) is 11.9 Å². The third-order valence-corrected chi connectivity index (χ3v) is 7.62. The molecule has 0 spiro atoms. The van der Waals surface area contributed by atoms with Gasteiger partial charge < -0.3 is 15.1 Å². The second kappa shape index (κ2) is 8.54. The summed E-state index contributed by atoms with van der Waals surface area (Å²) in [5, 5.41) is 21.2. The van der Waals surface area contributed by atoms with Crippen molar-refractivity contribution in [2.45, 2.75) is 53.0 Å². The van der Waals surface area contributed by atoms with Crippen LogP contribution in [0.1, 0.15) is 47.0 Å². The van der Waals surface area contributed by atoms with E-state index in [2.05, 4.69) is 26.0 Å². The molecule has 0 aromatic heterocycles. The van der Waals surface area contributed by atoms with Gasteiger partial charge in [0.2, 0.25) is 0 Å². The summed E-state index contributed by atoms with van der Waals surface area (Å²) < 4.78 is 0.